The zero-order valence-electron chi connectivity index (χ0n) is 9.67. The Hall–Kier alpha value is -1.36. The van der Waals surface area contributed by atoms with Gasteiger partial charge in [-0.25, -0.2) is 4.79 Å². The summed E-state index contributed by atoms with van der Waals surface area (Å²) in [4.78, 5) is 22.5. The van der Waals surface area contributed by atoms with Gasteiger partial charge in [0.15, 0.2) is 0 Å². The van der Waals surface area contributed by atoms with Crippen molar-refractivity contribution in [2.24, 2.45) is 0 Å². The minimum atomic E-state index is -0.547. The molecule has 90 valence electrons. The van der Waals surface area contributed by atoms with E-state index in [2.05, 4.69) is 5.32 Å². The summed E-state index contributed by atoms with van der Waals surface area (Å²) in [5.74, 6) is -0.959. The quantitative estimate of drug-likeness (QED) is 0.438. The van der Waals surface area contributed by atoms with E-state index in [1.54, 1.807) is 6.92 Å². The van der Waals surface area contributed by atoms with Crippen LogP contribution in [0.2, 0.25) is 0 Å². The van der Waals surface area contributed by atoms with Gasteiger partial charge < -0.3 is 14.8 Å². The Morgan fingerprint density at radius 1 is 1.31 bits per heavy atom. The number of carbonyl (C=O) groups excluding carboxylic acids is 2. The summed E-state index contributed by atoms with van der Waals surface area (Å²) >= 11 is 0. The average molecular weight is 227 g/mol. The van der Waals surface area contributed by atoms with Gasteiger partial charge in [-0.2, -0.15) is 0 Å². The average Bonchev–Trinajstić information content (AvgIpc) is 2.27. The van der Waals surface area contributed by atoms with Crippen LogP contribution in [0.15, 0.2) is 11.3 Å². The van der Waals surface area contributed by atoms with Gasteiger partial charge in [-0.15, -0.1) is 0 Å². The second-order valence-electron chi connectivity index (χ2n) is 3.50. The summed E-state index contributed by atoms with van der Waals surface area (Å²) in [7, 11) is 0. The molecule has 1 aliphatic rings. The van der Waals surface area contributed by atoms with Crippen molar-refractivity contribution in [3.8, 4) is 0 Å². The van der Waals surface area contributed by atoms with Crippen LogP contribution in [-0.4, -0.2) is 31.6 Å². The maximum absolute atomic E-state index is 11.6. The summed E-state index contributed by atoms with van der Waals surface area (Å²) in [6, 6.07) is 0. The van der Waals surface area contributed by atoms with Crippen LogP contribution in [0, 0.1) is 0 Å². The number of piperidine rings is 1. The van der Waals surface area contributed by atoms with Crippen molar-refractivity contribution < 1.29 is 19.1 Å². The lowest BCUT2D eigenvalue weighted by Gasteiger charge is -2.18. The van der Waals surface area contributed by atoms with Gasteiger partial charge in [0.25, 0.3) is 0 Å². The van der Waals surface area contributed by atoms with Crippen molar-refractivity contribution in [2.45, 2.75) is 26.7 Å². The molecule has 1 saturated heterocycles. The van der Waals surface area contributed by atoms with Gasteiger partial charge in [0.2, 0.25) is 5.76 Å². The minimum absolute atomic E-state index is 0.0795. The first-order chi connectivity index (χ1) is 7.65. The van der Waals surface area contributed by atoms with E-state index in [4.69, 9.17) is 9.47 Å². The molecule has 0 saturated carbocycles. The predicted molar refractivity (Wildman–Crippen MR) is 57.5 cm³/mol. The predicted octanol–water partition coefficient (Wildman–Crippen LogP) is 0.750. The van der Waals surface area contributed by atoms with E-state index < -0.39 is 11.9 Å². The molecule has 16 heavy (non-hydrogen) atoms. The van der Waals surface area contributed by atoms with E-state index in [9.17, 15) is 9.59 Å². The van der Waals surface area contributed by atoms with E-state index >= 15 is 0 Å². The normalized spacial score (nSPS) is 15.5. The van der Waals surface area contributed by atoms with Crippen molar-refractivity contribution in [1.82, 2.24) is 5.32 Å². The number of hydrogen-bond acceptors (Lipinski definition) is 5. The van der Waals surface area contributed by atoms with E-state index in [1.807, 2.05) is 0 Å². The fraction of sp³-hybridized carbons (Fsp3) is 0.636. The highest BCUT2D eigenvalue weighted by Gasteiger charge is 2.21. The van der Waals surface area contributed by atoms with Crippen LogP contribution in [0.3, 0.4) is 0 Å². The Morgan fingerprint density at radius 3 is 2.44 bits per heavy atom. The van der Waals surface area contributed by atoms with Crippen LogP contribution in [0.1, 0.15) is 26.7 Å². The maximum atomic E-state index is 11.6. The number of esters is 2. The molecule has 1 rings (SSSR count). The molecule has 5 heteroatoms. The van der Waals surface area contributed by atoms with Crippen LogP contribution in [0.25, 0.3) is 0 Å². The number of ether oxygens (including phenoxy) is 2. The van der Waals surface area contributed by atoms with Gasteiger partial charge in [0.1, 0.15) is 0 Å². The Kier molecular flexibility index (Phi) is 4.98. The largest absolute Gasteiger partial charge is 0.460 e. The fourth-order valence-corrected chi connectivity index (χ4v) is 1.55. The van der Waals surface area contributed by atoms with Crippen molar-refractivity contribution in [3.05, 3.63) is 11.3 Å². The Bertz CT molecular complexity index is 301. The molecular weight excluding hydrogens is 210 g/mol. The first-order valence-electron chi connectivity index (χ1n) is 5.43. The molecule has 5 nitrogen and oxygen atoms in total. The van der Waals surface area contributed by atoms with Crippen LogP contribution in [-0.2, 0) is 19.1 Å². The molecule has 0 aliphatic carbocycles. The lowest BCUT2D eigenvalue weighted by Crippen LogP contribution is -2.26. The topological polar surface area (TPSA) is 64.6 Å². The maximum Gasteiger partial charge on any atom is 0.374 e. The molecule has 0 aromatic rings. The molecule has 0 radical (unpaired) electrons. The Morgan fingerprint density at radius 2 is 1.94 bits per heavy atom. The van der Waals surface area contributed by atoms with Crippen molar-refractivity contribution in [2.75, 3.05) is 19.7 Å². The second-order valence-corrected chi connectivity index (χ2v) is 3.50. The number of rotatable bonds is 3. The fourth-order valence-electron chi connectivity index (χ4n) is 1.55. The van der Waals surface area contributed by atoms with Crippen molar-refractivity contribution >= 4 is 11.9 Å². The summed E-state index contributed by atoms with van der Waals surface area (Å²) in [5.41, 5.74) is 0.854. The third-order valence-electron chi connectivity index (χ3n) is 2.23. The highest BCUT2D eigenvalue weighted by molar-refractivity contribution is 5.90. The van der Waals surface area contributed by atoms with Gasteiger partial charge in [-0.3, -0.25) is 4.79 Å². The van der Waals surface area contributed by atoms with Crippen LogP contribution >= 0.6 is 0 Å². The minimum Gasteiger partial charge on any atom is -0.460 e. The first-order valence-corrected chi connectivity index (χ1v) is 5.43. The standard InChI is InChI=1S/C11H17NO4/c1-3-15-11(14)10(16-8(2)13)9-4-6-12-7-5-9/h12H,3-7H2,1-2H3. The van der Waals surface area contributed by atoms with Crippen molar-refractivity contribution in [3.63, 3.8) is 0 Å². The lowest BCUT2D eigenvalue weighted by molar-refractivity contribution is -0.150. The summed E-state index contributed by atoms with van der Waals surface area (Å²) in [6.45, 7) is 4.85. The summed E-state index contributed by atoms with van der Waals surface area (Å²) < 4.78 is 9.81. The third kappa shape index (κ3) is 3.66. The van der Waals surface area contributed by atoms with E-state index in [0.29, 0.717) is 12.8 Å². The highest BCUT2D eigenvalue weighted by atomic mass is 16.6. The molecule has 1 N–H and O–H groups in total. The number of carbonyl (C=O) groups is 2. The monoisotopic (exact) mass is 227 g/mol. The molecule has 1 fully saturated rings. The molecule has 0 bridgehead atoms. The molecule has 0 spiro atoms. The Balaban J connectivity index is 2.83. The van der Waals surface area contributed by atoms with Crippen LogP contribution in [0.5, 0.6) is 0 Å². The molecular formula is C11H17NO4. The van der Waals surface area contributed by atoms with E-state index in [1.165, 1.54) is 6.92 Å². The van der Waals surface area contributed by atoms with Gasteiger partial charge >= 0.3 is 11.9 Å². The van der Waals surface area contributed by atoms with E-state index in [0.717, 1.165) is 18.7 Å². The summed E-state index contributed by atoms with van der Waals surface area (Å²) in [5, 5.41) is 3.17. The van der Waals surface area contributed by atoms with Gasteiger partial charge in [0.05, 0.1) is 6.61 Å². The molecule has 0 aromatic heterocycles. The highest BCUT2D eigenvalue weighted by Crippen LogP contribution is 2.18. The summed E-state index contributed by atoms with van der Waals surface area (Å²) in [6.07, 6.45) is 1.42. The second kappa shape index (κ2) is 6.27. The molecule has 1 aliphatic heterocycles. The third-order valence-corrected chi connectivity index (χ3v) is 2.23. The SMILES string of the molecule is CCOC(=O)C(OC(C)=O)=C1CCNCC1. The molecule has 0 unspecified atom stereocenters. The zero-order valence-corrected chi connectivity index (χ0v) is 9.67. The van der Waals surface area contributed by atoms with Gasteiger partial charge in [0, 0.05) is 6.92 Å². The van der Waals surface area contributed by atoms with Gasteiger partial charge in [-0.1, -0.05) is 0 Å². The smallest absolute Gasteiger partial charge is 0.374 e. The molecule has 0 amide bonds. The lowest BCUT2D eigenvalue weighted by atomic mass is 10.0. The van der Waals surface area contributed by atoms with E-state index in [-0.39, 0.29) is 12.4 Å². The number of hydrogen-bond donors (Lipinski definition) is 1. The van der Waals surface area contributed by atoms with Crippen LogP contribution < -0.4 is 5.32 Å². The van der Waals surface area contributed by atoms with Crippen molar-refractivity contribution in [1.29, 1.82) is 0 Å². The molecule has 1 heterocycles. The van der Waals surface area contributed by atoms with Crippen LogP contribution in [0.4, 0.5) is 0 Å². The van der Waals surface area contributed by atoms with Gasteiger partial charge in [-0.05, 0) is 38.4 Å². The zero-order chi connectivity index (χ0) is 12.0. The molecule has 0 atom stereocenters. The number of nitrogens with one attached hydrogen (secondary N) is 1. The first kappa shape index (κ1) is 12.7. The Labute approximate surface area is 94.8 Å². The molecule has 0 aromatic carbocycles.